The first kappa shape index (κ1) is 19.9. The third-order valence-electron chi connectivity index (χ3n) is 3.98. The molecule has 7 heteroatoms. The van der Waals surface area contributed by atoms with Crippen LogP contribution in [0.4, 0.5) is 5.69 Å². The van der Waals surface area contributed by atoms with Gasteiger partial charge >= 0.3 is 0 Å². The Kier molecular flexibility index (Phi) is 5.71. The molecule has 26 heavy (non-hydrogen) atoms. The summed E-state index contributed by atoms with van der Waals surface area (Å²) in [4.78, 5) is 0.0679. The summed E-state index contributed by atoms with van der Waals surface area (Å²) in [6.45, 7) is 6.17. The average Bonchev–Trinajstić information content (AvgIpc) is 2.59. The number of anilines is 1. The van der Waals surface area contributed by atoms with Gasteiger partial charge in [0.25, 0.3) is 10.0 Å². The number of ether oxygens (including phenoxy) is 3. The predicted molar refractivity (Wildman–Crippen MR) is 102 cm³/mol. The fourth-order valence-corrected chi connectivity index (χ4v) is 3.52. The molecule has 0 saturated heterocycles. The first-order valence-corrected chi connectivity index (χ1v) is 9.54. The van der Waals surface area contributed by atoms with Crippen LogP contribution in [0.2, 0.25) is 0 Å². The Bertz CT molecular complexity index is 885. The van der Waals surface area contributed by atoms with Gasteiger partial charge in [-0.15, -0.1) is 0 Å². The van der Waals surface area contributed by atoms with Gasteiger partial charge in [0.05, 0.1) is 31.9 Å². The molecular weight excluding hydrogens is 354 g/mol. The van der Waals surface area contributed by atoms with Gasteiger partial charge in [-0.3, -0.25) is 4.72 Å². The molecule has 2 rings (SSSR count). The van der Waals surface area contributed by atoms with E-state index in [-0.39, 0.29) is 10.3 Å². The molecule has 0 fully saturated rings. The molecule has 0 radical (unpaired) electrons. The van der Waals surface area contributed by atoms with Gasteiger partial charge in [-0.1, -0.05) is 26.8 Å². The number of methoxy groups -OCH3 is 3. The van der Waals surface area contributed by atoms with Crippen molar-refractivity contribution in [1.29, 1.82) is 0 Å². The van der Waals surface area contributed by atoms with Gasteiger partial charge in [0, 0.05) is 6.07 Å². The largest absolute Gasteiger partial charge is 0.495 e. The Morgan fingerprint density at radius 3 is 1.92 bits per heavy atom. The second-order valence-corrected chi connectivity index (χ2v) is 8.47. The first-order chi connectivity index (χ1) is 12.1. The van der Waals surface area contributed by atoms with Gasteiger partial charge in [0.1, 0.15) is 5.75 Å². The molecule has 0 aromatic heterocycles. The van der Waals surface area contributed by atoms with Crippen LogP contribution in [-0.4, -0.2) is 29.7 Å². The van der Waals surface area contributed by atoms with E-state index >= 15 is 0 Å². The first-order valence-electron chi connectivity index (χ1n) is 8.05. The van der Waals surface area contributed by atoms with Gasteiger partial charge in [-0.25, -0.2) is 8.42 Å². The minimum absolute atomic E-state index is 0.0679. The average molecular weight is 379 g/mol. The van der Waals surface area contributed by atoms with E-state index in [2.05, 4.69) is 25.5 Å². The molecule has 0 unspecified atom stereocenters. The maximum absolute atomic E-state index is 12.8. The van der Waals surface area contributed by atoms with Crippen LogP contribution in [0.25, 0.3) is 0 Å². The van der Waals surface area contributed by atoms with Gasteiger partial charge < -0.3 is 14.2 Å². The number of benzene rings is 2. The summed E-state index contributed by atoms with van der Waals surface area (Å²) in [6.07, 6.45) is 0. The molecule has 1 N–H and O–H groups in total. The van der Waals surface area contributed by atoms with Crippen molar-refractivity contribution in [2.75, 3.05) is 26.1 Å². The molecule has 142 valence electrons. The molecule has 0 spiro atoms. The highest BCUT2D eigenvalue weighted by Crippen LogP contribution is 2.34. The fourth-order valence-electron chi connectivity index (χ4n) is 2.44. The highest BCUT2D eigenvalue weighted by Gasteiger charge is 2.21. The highest BCUT2D eigenvalue weighted by atomic mass is 32.2. The quantitative estimate of drug-likeness (QED) is 0.826. The number of sulfonamides is 1. The molecule has 2 aromatic rings. The second kappa shape index (κ2) is 7.45. The number of hydrogen-bond donors (Lipinski definition) is 1. The van der Waals surface area contributed by atoms with E-state index in [1.165, 1.54) is 33.5 Å². The van der Waals surface area contributed by atoms with Gasteiger partial charge in [-0.2, -0.15) is 0 Å². The molecule has 0 atom stereocenters. The van der Waals surface area contributed by atoms with Crippen molar-refractivity contribution in [3.05, 3.63) is 42.0 Å². The van der Waals surface area contributed by atoms with Crippen molar-refractivity contribution in [2.45, 2.75) is 31.1 Å². The lowest BCUT2D eigenvalue weighted by atomic mass is 9.87. The molecule has 0 bridgehead atoms. The fraction of sp³-hybridized carbons (Fsp3) is 0.368. The van der Waals surface area contributed by atoms with E-state index in [0.717, 1.165) is 5.56 Å². The van der Waals surface area contributed by atoms with Gasteiger partial charge in [-0.05, 0) is 35.2 Å². The van der Waals surface area contributed by atoms with E-state index in [1.807, 2.05) is 6.07 Å². The van der Waals surface area contributed by atoms with Gasteiger partial charge in [0.2, 0.25) is 0 Å². The van der Waals surface area contributed by atoms with E-state index < -0.39 is 10.0 Å². The van der Waals surface area contributed by atoms with Crippen LogP contribution >= 0.6 is 0 Å². The van der Waals surface area contributed by atoms with E-state index in [0.29, 0.717) is 22.9 Å². The van der Waals surface area contributed by atoms with E-state index in [4.69, 9.17) is 14.2 Å². The highest BCUT2D eigenvalue weighted by molar-refractivity contribution is 7.92. The number of nitrogens with one attached hydrogen (secondary N) is 1. The maximum atomic E-state index is 12.8. The Labute approximate surface area is 155 Å². The molecule has 2 aromatic carbocycles. The standard InChI is InChI=1S/C19H25NO5S/c1-19(2,3)13-7-9-16(23-4)15(11-13)20-26(21,22)14-8-10-17(24-5)18(12-14)25-6/h7-12,20H,1-6H3. The summed E-state index contributed by atoms with van der Waals surface area (Å²) in [6, 6.07) is 9.90. The van der Waals surface area contributed by atoms with Crippen molar-refractivity contribution >= 4 is 15.7 Å². The van der Waals surface area contributed by atoms with E-state index in [9.17, 15) is 8.42 Å². The molecule has 0 saturated carbocycles. The molecule has 0 aliphatic carbocycles. The van der Waals surface area contributed by atoms with Crippen molar-refractivity contribution in [3.8, 4) is 17.2 Å². The third kappa shape index (κ3) is 4.22. The minimum atomic E-state index is -3.83. The summed E-state index contributed by atoms with van der Waals surface area (Å²) in [5.41, 5.74) is 1.24. The monoisotopic (exact) mass is 379 g/mol. The molecule has 0 amide bonds. The van der Waals surface area contributed by atoms with Crippen molar-refractivity contribution in [2.24, 2.45) is 0 Å². The van der Waals surface area contributed by atoms with Crippen LogP contribution in [0.1, 0.15) is 26.3 Å². The van der Waals surface area contributed by atoms with Gasteiger partial charge in [0.15, 0.2) is 11.5 Å². The van der Waals surface area contributed by atoms with Crippen molar-refractivity contribution in [3.63, 3.8) is 0 Å². The molecule has 0 aliphatic rings. The molecule has 0 heterocycles. The Morgan fingerprint density at radius 1 is 0.808 bits per heavy atom. The summed E-state index contributed by atoms with van der Waals surface area (Å²) >= 11 is 0. The van der Waals surface area contributed by atoms with Crippen LogP contribution < -0.4 is 18.9 Å². The lowest BCUT2D eigenvalue weighted by Gasteiger charge is -2.21. The summed E-state index contributed by atoms with van der Waals surface area (Å²) < 4.78 is 43.9. The lowest BCUT2D eigenvalue weighted by molar-refractivity contribution is 0.354. The smallest absolute Gasteiger partial charge is 0.262 e. The number of rotatable bonds is 6. The third-order valence-corrected chi connectivity index (χ3v) is 5.34. The Balaban J connectivity index is 2.46. The maximum Gasteiger partial charge on any atom is 0.262 e. The van der Waals surface area contributed by atoms with Crippen LogP contribution in [0.3, 0.4) is 0 Å². The van der Waals surface area contributed by atoms with Crippen LogP contribution in [0, 0.1) is 0 Å². The normalized spacial score (nSPS) is 11.8. The van der Waals surface area contributed by atoms with E-state index in [1.54, 1.807) is 18.2 Å². The molecular formula is C19H25NO5S. The molecule has 0 aliphatic heterocycles. The van der Waals surface area contributed by atoms with Crippen molar-refractivity contribution in [1.82, 2.24) is 0 Å². The molecule has 6 nitrogen and oxygen atoms in total. The summed E-state index contributed by atoms with van der Waals surface area (Å²) in [5, 5.41) is 0. The van der Waals surface area contributed by atoms with Crippen LogP contribution in [-0.2, 0) is 15.4 Å². The summed E-state index contributed by atoms with van der Waals surface area (Å²) in [7, 11) is 0.618. The minimum Gasteiger partial charge on any atom is -0.495 e. The topological polar surface area (TPSA) is 73.9 Å². The Hall–Kier alpha value is -2.41. The number of hydrogen-bond acceptors (Lipinski definition) is 5. The SMILES string of the molecule is COc1ccc(C(C)(C)C)cc1NS(=O)(=O)c1ccc(OC)c(OC)c1. The predicted octanol–water partition coefficient (Wildman–Crippen LogP) is 3.81. The Morgan fingerprint density at radius 2 is 1.38 bits per heavy atom. The van der Waals surface area contributed by atoms with Crippen LogP contribution in [0.15, 0.2) is 41.3 Å². The lowest BCUT2D eigenvalue weighted by Crippen LogP contribution is -2.16. The zero-order valence-corrected chi connectivity index (χ0v) is 16.7. The zero-order valence-electron chi connectivity index (χ0n) is 15.9. The van der Waals surface area contributed by atoms with Crippen molar-refractivity contribution < 1.29 is 22.6 Å². The summed E-state index contributed by atoms with van der Waals surface area (Å²) in [5.74, 6) is 1.24. The second-order valence-electron chi connectivity index (χ2n) is 6.79. The van der Waals surface area contributed by atoms with Crippen LogP contribution in [0.5, 0.6) is 17.2 Å². The zero-order chi connectivity index (χ0) is 19.5.